The number of nitrogens with zero attached hydrogens (tertiary/aromatic N) is 1. The highest BCUT2D eigenvalue weighted by atomic mass is 19.1. The molecule has 0 aliphatic heterocycles. The predicted octanol–water partition coefficient (Wildman–Crippen LogP) is 3.13. The van der Waals surface area contributed by atoms with E-state index in [1.807, 2.05) is 32.0 Å². The van der Waals surface area contributed by atoms with Crippen LogP contribution in [0.25, 0.3) is 0 Å². The predicted molar refractivity (Wildman–Crippen MR) is 72.3 cm³/mol. The van der Waals surface area contributed by atoms with Gasteiger partial charge < -0.3 is 10.5 Å². The quantitative estimate of drug-likeness (QED) is 0.918. The molecule has 2 N–H and O–H groups in total. The molecule has 1 aromatic carbocycles. The highest BCUT2D eigenvalue weighted by Gasteiger charge is 2.09. The van der Waals surface area contributed by atoms with Gasteiger partial charge >= 0.3 is 0 Å². The molecule has 2 aromatic rings. The van der Waals surface area contributed by atoms with Crippen molar-refractivity contribution in [1.29, 1.82) is 0 Å². The number of pyridine rings is 1. The Morgan fingerprint density at radius 1 is 1.32 bits per heavy atom. The van der Waals surface area contributed by atoms with Crippen LogP contribution >= 0.6 is 0 Å². The molecule has 0 spiro atoms. The van der Waals surface area contributed by atoms with Crippen LogP contribution in [-0.2, 0) is 6.61 Å². The lowest BCUT2D eigenvalue weighted by Crippen LogP contribution is -2.08. The van der Waals surface area contributed by atoms with Crippen molar-refractivity contribution in [2.75, 3.05) is 0 Å². The number of aromatic nitrogens is 1. The minimum absolute atomic E-state index is 0.111. The summed E-state index contributed by atoms with van der Waals surface area (Å²) in [4.78, 5) is 3.79. The highest BCUT2D eigenvalue weighted by molar-refractivity contribution is 5.38. The molecule has 19 heavy (non-hydrogen) atoms. The Kier molecular flexibility index (Phi) is 4.12. The van der Waals surface area contributed by atoms with Crippen LogP contribution < -0.4 is 10.5 Å². The number of hydrogen-bond donors (Lipinski definition) is 1. The third-order valence-corrected chi connectivity index (χ3v) is 2.81. The summed E-state index contributed by atoms with van der Waals surface area (Å²) < 4.78 is 18.7. The zero-order chi connectivity index (χ0) is 13.8. The van der Waals surface area contributed by atoms with E-state index in [0.29, 0.717) is 5.56 Å². The molecule has 3 nitrogen and oxygen atoms in total. The van der Waals surface area contributed by atoms with Gasteiger partial charge in [0.1, 0.15) is 18.2 Å². The van der Waals surface area contributed by atoms with E-state index in [0.717, 1.165) is 16.9 Å². The number of ether oxygens (including phenoxy) is 1. The molecule has 1 heterocycles. The maximum absolute atomic E-state index is 13.0. The van der Waals surface area contributed by atoms with Crippen LogP contribution in [0.15, 0.2) is 36.7 Å². The molecule has 0 amide bonds. The zero-order valence-electron chi connectivity index (χ0n) is 11.1. The number of benzene rings is 1. The average molecular weight is 260 g/mol. The highest BCUT2D eigenvalue weighted by Crippen LogP contribution is 2.25. The van der Waals surface area contributed by atoms with Crippen molar-refractivity contribution in [2.24, 2.45) is 5.73 Å². The van der Waals surface area contributed by atoms with Gasteiger partial charge in [-0.25, -0.2) is 4.39 Å². The van der Waals surface area contributed by atoms with Gasteiger partial charge in [0.05, 0.1) is 6.20 Å². The van der Waals surface area contributed by atoms with Crippen LogP contribution in [0.5, 0.6) is 5.75 Å². The van der Waals surface area contributed by atoms with E-state index in [1.165, 1.54) is 12.3 Å². The van der Waals surface area contributed by atoms with Gasteiger partial charge in [-0.1, -0.05) is 17.7 Å². The van der Waals surface area contributed by atoms with Crippen LogP contribution in [0.2, 0.25) is 0 Å². The van der Waals surface area contributed by atoms with Crippen LogP contribution in [0.3, 0.4) is 0 Å². The first kappa shape index (κ1) is 13.5. The molecule has 0 saturated heterocycles. The largest absolute Gasteiger partial charge is 0.489 e. The molecule has 0 saturated carbocycles. The van der Waals surface area contributed by atoms with Crippen molar-refractivity contribution in [3.63, 3.8) is 0 Å². The van der Waals surface area contributed by atoms with E-state index in [2.05, 4.69) is 4.98 Å². The number of hydrogen-bond acceptors (Lipinski definition) is 3. The SMILES string of the molecule is Cc1ccc(OCc2cncc(F)c2)c(C(C)N)c1. The summed E-state index contributed by atoms with van der Waals surface area (Å²) in [5.41, 5.74) is 8.70. The molecular formula is C15H17FN2O. The third-order valence-electron chi connectivity index (χ3n) is 2.81. The van der Waals surface area contributed by atoms with Gasteiger partial charge in [-0.2, -0.15) is 0 Å². The maximum atomic E-state index is 13.0. The van der Waals surface area contributed by atoms with Crippen LogP contribution in [0, 0.1) is 12.7 Å². The first-order valence-electron chi connectivity index (χ1n) is 6.14. The summed E-state index contributed by atoms with van der Waals surface area (Å²) in [5, 5.41) is 0. The third kappa shape index (κ3) is 3.51. The summed E-state index contributed by atoms with van der Waals surface area (Å²) >= 11 is 0. The second kappa shape index (κ2) is 5.80. The van der Waals surface area contributed by atoms with Crippen LogP contribution in [0.4, 0.5) is 4.39 Å². The minimum Gasteiger partial charge on any atom is -0.489 e. The van der Waals surface area contributed by atoms with Crippen molar-refractivity contribution >= 4 is 0 Å². The Bertz CT molecular complexity index is 570. The monoisotopic (exact) mass is 260 g/mol. The van der Waals surface area contributed by atoms with Gasteiger partial charge in [-0.15, -0.1) is 0 Å². The average Bonchev–Trinajstić information content (AvgIpc) is 2.37. The molecule has 0 bridgehead atoms. The number of aryl methyl sites for hydroxylation is 1. The van der Waals surface area contributed by atoms with Gasteiger partial charge in [-0.3, -0.25) is 4.98 Å². The van der Waals surface area contributed by atoms with Crippen LogP contribution in [0.1, 0.15) is 29.7 Å². The lowest BCUT2D eigenvalue weighted by molar-refractivity contribution is 0.300. The molecule has 0 aliphatic carbocycles. The molecule has 0 fully saturated rings. The van der Waals surface area contributed by atoms with Gasteiger partial charge in [0.2, 0.25) is 0 Å². The number of nitrogens with two attached hydrogens (primary N) is 1. The summed E-state index contributed by atoms with van der Waals surface area (Å²) in [6.45, 7) is 4.19. The molecular weight excluding hydrogens is 243 g/mol. The van der Waals surface area contributed by atoms with Gasteiger partial charge in [0.15, 0.2) is 0 Å². The fourth-order valence-corrected chi connectivity index (χ4v) is 1.85. The minimum atomic E-state index is -0.363. The lowest BCUT2D eigenvalue weighted by Gasteiger charge is -2.14. The van der Waals surface area contributed by atoms with Gasteiger partial charge in [0, 0.05) is 23.4 Å². The first-order valence-corrected chi connectivity index (χ1v) is 6.14. The van der Waals surface area contributed by atoms with Crippen molar-refractivity contribution in [3.8, 4) is 5.75 Å². The molecule has 1 aromatic heterocycles. The van der Waals surface area contributed by atoms with E-state index >= 15 is 0 Å². The van der Waals surface area contributed by atoms with Crippen molar-refractivity contribution < 1.29 is 9.13 Å². The van der Waals surface area contributed by atoms with Gasteiger partial charge in [0.25, 0.3) is 0 Å². The Balaban J connectivity index is 2.15. The maximum Gasteiger partial charge on any atom is 0.141 e. The summed E-state index contributed by atoms with van der Waals surface area (Å²) in [6, 6.07) is 7.16. The van der Waals surface area contributed by atoms with E-state index in [1.54, 1.807) is 6.20 Å². The van der Waals surface area contributed by atoms with E-state index in [-0.39, 0.29) is 18.5 Å². The topological polar surface area (TPSA) is 48.1 Å². The Hall–Kier alpha value is -1.94. The number of halogens is 1. The lowest BCUT2D eigenvalue weighted by atomic mass is 10.1. The Morgan fingerprint density at radius 3 is 2.79 bits per heavy atom. The standard InChI is InChI=1S/C15H17FN2O/c1-10-3-4-15(14(5-10)11(2)17)19-9-12-6-13(16)8-18-7-12/h3-8,11H,9,17H2,1-2H3. The molecule has 2 rings (SSSR count). The van der Waals surface area contributed by atoms with Crippen molar-refractivity contribution in [3.05, 3.63) is 59.2 Å². The first-order chi connectivity index (χ1) is 9.06. The fraction of sp³-hybridized carbons (Fsp3) is 0.267. The summed E-state index contributed by atoms with van der Waals surface area (Å²) in [6.07, 6.45) is 2.76. The molecule has 100 valence electrons. The smallest absolute Gasteiger partial charge is 0.141 e. The fourth-order valence-electron chi connectivity index (χ4n) is 1.85. The van der Waals surface area contributed by atoms with E-state index < -0.39 is 0 Å². The van der Waals surface area contributed by atoms with Crippen molar-refractivity contribution in [1.82, 2.24) is 4.98 Å². The molecule has 0 radical (unpaired) electrons. The van der Waals surface area contributed by atoms with Crippen molar-refractivity contribution in [2.45, 2.75) is 26.5 Å². The molecule has 0 aliphatic rings. The van der Waals surface area contributed by atoms with E-state index in [9.17, 15) is 4.39 Å². The molecule has 1 atom stereocenters. The molecule has 4 heteroatoms. The normalized spacial score (nSPS) is 12.2. The van der Waals surface area contributed by atoms with Crippen LogP contribution in [-0.4, -0.2) is 4.98 Å². The Morgan fingerprint density at radius 2 is 2.11 bits per heavy atom. The summed E-state index contributed by atoms with van der Waals surface area (Å²) in [7, 11) is 0. The van der Waals surface area contributed by atoms with E-state index in [4.69, 9.17) is 10.5 Å². The summed E-state index contributed by atoms with van der Waals surface area (Å²) in [5.74, 6) is 0.363. The van der Waals surface area contributed by atoms with Gasteiger partial charge in [-0.05, 0) is 26.0 Å². The second-order valence-electron chi connectivity index (χ2n) is 4.63. The second-order valence-corrected chi connectivity index (χ2v) is 4.63. The molecule has 1 unspecified atom stereocenters. The zero-order valence-corrected chi connectivity index (χ0v) is 11.1. The number of rotatable bonds is 4. The Labute approximate surface area is 112 Å².